The Kier molecular flexibility index (Phi) is 3.92. The maximum Gasteiger partial charge on any atom is 0.258 e. The molecule has 1 heterocycles. The number of amides is 2. The Morgan fingerprint density at radius 3 is 2.55 bits per heavy atom. The van der Waals surface area contributed by atoms with E-state index in [9.17, 15) is 9.59 Å². The highest BCUT2D eigenvalue weighted by Gasteiger charge is 2.24. The van der Waals surface area contributed by atoms with Crippen molar-refractivity contribution in [2.75, 3.05) is 11.4 Å². The van der Waals surface area contributed by atoms with Crippen molar-refractivity contribution in [2.45, 2.75) is 19.9 Å². The Morgan fingerprint density at radius 1 is 1.09 bits per heavy atom. The summed E-state index contributed by atoms with van der Waals surface area (Å²) < 4.78 is 0. The van der Waals surface area contributed by atoms with Crippen molar-refractivity contribution in [3.63, 3.8) is 0 Å². The van der Waals surface area contributed by atoms with Crippen molar-refractivity contribution in [1.29, 1.82) is 0 Å². The minimum atomic E-state index is -0.0613. The number of anilines is 1. The van der Waals surface area contributed by atoms with E-state index in [1.165, 1.54) is 12.5 Å². The lowest BCUT2D eigenvalue weighted by atomic mass is 10.1. The Morgan fingerprint density at radius 2 is 1.82 bits per heavy atom. The number of benzene rings is 2. The van der Waals surface area contributed by atoms with Gasteiger partial charge in [-0.15, -0.1) is 0 Å². The zero-order chi connectivity index (χ0) is 15.5. The van der Waals surface area contributed by atoms with Crippen LogP contribution in [0.3, 0.4) is 0 Å². The van der Waals surface area contributed by atoms with Crippen molar-refractivity contribution >= 4 is 17.5 Å². The van der Waals surface area contributed by atoms with Crippen LogP contribution in [0.1, 0.15) is 28.4 Å². The van der Waals surface area contributed by atoms with Gasteiger partial charge >= 0.3 is 0 Å². The molecule has 1 aliphatic rings. The fourth-order valence-electron chi connectivity index (χ4n) is 2.70. The van der Waals surface area contributed by atoms with Crippen LogP contribution in [0, 0.1) is 0 Å². The van der Waals surface area contributed by atoms with Gasteiger partial charge in [0.05, 0.1) is 0 Å². The molecule has 0 radical (unpaired) electrons. The largest absolute Gasteiger partial charge is 0.352 e. The van der Waals surface area contributed by atoms with E-state index in [1.807, 2.05) is 47.4 Å². The van der Waals surface area contributed by atoms with E-state index in [4.69, 9.17) is 0 Å². The Hall–Kier alpha value is -2.62. The molecule has 1 N–H and O–H groups in total. The van der Waals surface area contributed by atoms with Gasteiger partial charge in [-0.05, 0) is 35.7 Å². The van der Waals surface area contributed by atoms with E-state index >= 15 is 0 Å². The molecule has 1 aliphatic heterocycles. The summed E-state index contributed by atoms with van der Waals surface area (Å²) in [4.78, 5) is 25.4. The first-order valence-corrected chi connectivity index (χ1v) is 7.38. The van der Waals surface area contributed by atoms with Crippen LogP contribution >= 0.6 is 0 Å². The van der Waals surface area contributed by atoms with Gasteiger partial charge in [-0.1, -0.05) is 30.3 Å². The molecule has 0 aliphatic carbocycles. The van der Waals surface area contributed by atoms with E-state index in [-0.39, 0.29) is 11.8 Å². The third kappa shape index (κ3) is 2.86. The highest BCUT2D eigenvalue weighted by Crippen LogP contribution is 2.28. The molecule has 4 nitrogen and oxygen atoms in total. The first-order valence-electron chi connectivity index (χ1n) is 7.38. The average Bonchev–Trinajstić information content (AvgIpc) is 2.97. The molecular weight excluding hydrogens is 276 g/mol. The van der Waals surface area contributed by atoms with Crippen molar-refractivity contribution < 1.29 is 9.59 Å². The van der Waals surface area contributed by atoms with Gasteiger partial charge in [0.1, 0.15) is 0 Å². The lowest BCUT2D eigenvalue weighted by Crippen LogP contribution is -2.28. The average molecular weight is 294 g/mol. The van der Waals surface area contributed by atoms with Gasteiger partial charge in [-0.2, -0.15) is 0 Å². The number of nitrogens with zero attached hydrogens (tertiary/aromatic N) is 1. The summed E-state index contributed by atoms with van der Waals surface area (Å²) >= 11 is 0. The second kappa shape index (κ2) is 6.02. The normalized spacial score (nSPS) is 12.9. The van der Waals surface area contributed by atoms with E-state index in [1.54, 1.807) is 0 Å². The van der Waals surface area contributed by atoms with Crippen LogP contribution in [0.5, 0.6) is 0 Å². The summed E-state index contributed by atoms with van der Waals surface area (Å²) in [5, 5.41) is 2.74. The second-order valence-corrected chi connectivity index (χ2v) is 5.44. The van der Waals surface area contributed by atoms with E-state index in [0.29, 0.717) is 12.1 Å². The molecule has 0 aromatic heterocycles. The highest BCUT2D eigenvalue weighted by molar-refractivity contribution is 6.07. The maximum absolute atomic E-state index is 12.6. The second-order valence-electron chi connectivity index (χ2n) is 5.44. The van der Waals surface area contributed by atoms with Gasteiger partial charge in [0, 0.05) is 31.3 Å². The van der Waals surface area contributed by atoms with E-state index in [0.717, 1.165) is 24.2 Å². The lowest BCUT2D eigenvalue weighted by molar-refractivity contribution is -0.119. The standard InChI is InChI=1S/C18H18N2O2/c1-13(21)19-12-14-6-8-16(9-7-14)18(22)20-11-10-15-4-2-3-5-17(15)20/h2-9H,10-12H2,1H3,(H,19,21). The van der Waals surface area contributed by atoms with Crippen molar-refractivity contribution in [3.8, 4) is 0 Å². The van der Waals surface area contributed by atoms with Crippen molar-refractivity contribution in [3.05, 3.63) is 65.2 Å². The van der Waals surface area contributed by atoms with Gasteiger partial charge in [-0.3, -0.25) is 9.59 Å². The number of carbonyl (C=O) groups excluding carboxylic acids is 2. The monoisotopic (exact) mass is 294 g/mol. The van der Waals surface area contributed by atoms with Gasteiger partial charge in [-0.25, -0.2) is 0 Å². The number of carbonyl (C=O) groups is 2. The molecule has 112 valence electrons. The maximum atomic E-state index is 12.6. The summed E-state index contributed by atoms with van der Waals surface area (Å²) in [6, 6.07) is 15.4. The summed E-state index contributed by atoms with van der Waals surface area (Å²) in [7, 11) is 0. The van der Waals surface area contributed by atoms with Gasteiger partial charge in [0.2, 0.25) is 5.91 Å². The number of fused-ring (bicyclic) bond motifs is 1. The molecule has 2 aromatic rings. The summed E-state index contributed by atoms with van der Waals surface area (Å²) in [5.74, 6) is -0.0372. The topological polar surface area (TPSA) is 49.4 Å². The van der Waals surface area contributed by atoms with Crippen molar-refractivity contribution in [2.24, 2.45) is 0 Å². The zero-order valence-electron chi connectivity index (χ0n) is 12.5. The van der Waals surface area contributed by atoms with E-state index in [2.05, 4.69) is 11.4 Å². The molecule has 0 atom stereocenters. The van der Waals surface area contributed by atoms with E-state index < -0.39 is 0 Å². The van der Waals surface area contributed by atoms with Crippen LogP contribution < -0.4 is 10.2 Å². The number of hydrogen-bond acceptors (Lipinski definition) is 2. The van der Waals surface area contributed by atoms with Gasteiger partial charge < -0.3 is 10.2 Å². The molecule has 4 heteroatoms. The quantitative estimate of drug-likeness (QED) is 0.945. The third-order valence-electron chi connectivity index (χ3n) is 3.87. The van der Waals surface area contributed by atoms with Crippen molar-refractivity contribution in [1.82, 2.24) is 5.32 Å². The Balaban J connectivity index is 1.75. The summed E-state index contributed by atoms with van der Waals surface area (Å²) in [6.07, 6.45) is 0.905. The minimum absolute atomic E-state index is 0.0241. The van der Waals surface area contributed by atoms with Gasteiger partial charge in [0.25, 0.3) is 5.91 Å². The Bertz CT molecular complexity index is 707. The zero-order valence-corrected chi connectivity index (χ0v) is 12.5. The molecular formula is C18H18N2O2. The molecule has 0 spiro atoms. The first-order chi connectivity index (χ1) is 10.6. The molecule has 0 saturated carbocycles. The summed E-state index contributed by atoms with van der Waals surface area (Å²) in [5.41, 5.74) is 3.88. The molecule has 3 rings (SSSR count). The Labute approximate surface area is 129 Å². The summed E-state index contributed by atoms with van der Waals surface area (Å²) in [6.45, 7) is 2.70. The fourth-order valence-corrected chi connectivity index (χ4v) is 2.70. The smallest absolute Gasteiger partial charge is 0.258 e. The molecule has 0 unspecified atom stereocenters. The van der Waals surface area contributed by atoms with Crippen LogP contribution in [-0.4, -0.2) is 18.4 Å². The van der Waals surface area contributed by atoms with Crippen LogP contribution in [0.25, 0.3) is 0 Å². The van der Waals surface area contributed by atoms with Crippen LogP contribution in [0.15, 0.2) is 48.5 Å². The van der Waals surface area contributed by atoms with Gasteiger partial charge in [0.15, 0.2) is 0 Å². The number of para-hydroxylation sites is 1. The number of nitrogens with one attached hydrogen (secondary N) is 1. The molecule has 2 aromatic carbocycles. The van der Waals surface area contributed by atoms with Crippen LogP contribution in [-0.2, 0) is 17.8 Å². The molecule has 0 saturated heterocycles. The number of rotatable bonds is 3. The number of hydrogen-bond donors (Lipinski definition) is 1. The molecule has 22 heavy (non-hydrogen) atoms. The first kappa shape index (κ1) is 14.3. The fraction of sp³-hybridized carbons (Fsp3) is 0.222. The van der Waals surface area contributed by atoms with Crippen LogP contribution in [0.2, 0.25) is 0 Å². The predicted octanol–water partition coefficient (Wildman–Crippen LogP) is 2.53. The molecule has 2 amide bonds. The lowest BCUT2D eigenvalue weighted by Gasteiger charge is -2.17. The third-order valence-corrected chi connectivity index (χ3v) is 3.87. The molecule has 0 fully saturated rings. The SMILES string of the molecule is CC(=O)NCc1ccc(C(=O)N2CCc3ccccc32)cc1. The molecule has 0 bridgehead atoms. The highest BCUT2D eigenvalue weighted by atomic mass is 16.2. The van der Waals surface area contributed by atoms with Crippen LogP contribution in [0.4, 0.5) is 5.69 Å². The minimum Gasteiger partial charge on any atom is -0.352 e. The predicted molar refractivity (Wildman–Crippen MR) is 85.8 cm³/mol.